The summed E-state index contributed by atoms with van der Waals surface area (Å²) in [4.78, 5) is 6.45. The van der Waals surface area contributed by atoms with Crippen molar-refractivity contribution in [1.29, 1.82) is 10.8 Å². The van der Waals surface area contributed by atoms with Crippen LogP contribution in [-0.2, 0) is 5.41 Å². The van der Waals surface area contributed by atoms with Crippen LogP contribution in [0, 0.1) is 10.8 Å². The summed E-state index contributed by atoms with van der Waals surface area (Å²) in [6.45, 7) is 6.64. The molecule has 0 bridgehead atoms. The summed E-state index contributed by atoms with van der Waals surface area (Å²) in [6, 6.07) is 22.4. The molecule has 4 aromatic rings. The maximum atomic E-state index is 8.30. The van der Waals surface area contributed by atoms with Gasteiger partial charge in [-0.05, 0) is 52.4 Å². The largest absolute Gasteiger partial charge is 0.329 e. The maximum Gasteiger partial charge on any atom is 0.229 e. The molecule has 32 heavy (non-hydrogen) atoms. The lowest BCUT2D eigenvalue weighted by molar-refractivity contribution is 0.590. The Bertz CT molecular complexity index is 1360. The number of benzene rings is 3. The first-order valence-electron chi connectivity index (χ1n) is 10.4. The summed E-state index contributed by atoms with van der Waals surface area (Å²) in [5.74, 6) is 0.639. The van der Waals surface area contributed by atoms with Crippen LogP contribution in [0.3, 0.4) is 0 Å². The molecule has 0 fully saturated rings. The minimum absolute atomic E-state index is 0.0226. The average molecular weight is 444 g/mol. The van der Waals surface area contributed by atoms with E-state index >= 15 is 0 Å². The summed E-state index contributed by atoms with van der Waals surface area (Å²) in [5.41, 5.74) is 5.28. The van der Waals surface area contributed by atoms with E-state index in [0.29, 0.717) is 16.4 Å². The summed E-state index contributed by atoms with van der Waals surface area (Å²) >= 11 is 6.19. The number of anilines is 2. The van der Waals surface area contributed by atoms with Crippen LogP contribution in [0.1, 0.15) is 26.3 Å². The van der Waals surface area contributed by atoms with E-state index in [1.54, 1.807) is 12.1 Å². The minimum atomic E-state index is -0.0226. The molecule has 0 saturated heterocycles. The number of nitrogens with zero attached hydrogens (tertiary/aromatic N) is 3. The Morgan fingerprint density at radius 2 is 1.69 bits per heavy atom. The third kappa shape index (κ3) is 4.04. The summed E-state index contributed by atoms with van der Waals surface area (Å²) in [7, 11) is 1.94. The van der Waals surface area contributed by atoms with Gasteiger partial charge < -0.3 is 4.90 Å². The fourth-order valence-electron chi connectivity index (χ4n) is 3.79. The fraction of sp³-hybridized carbons (Fsp3) is 0.192. The van der Waals surface area contributed by atoms with Gasteiger partial charge in [-0.25, -0.2) is 0 Å². The van der Waals surface area contributed by atoms with Crippen molar-refractivity contribution in [1.82, 2.24) is 9.55 Å². The highest BCUT2D eigenvalue weighted by molar-refractivity contribution is 6.31. The number of nitrogens with one attached hydrogen (secondary N) is 2. The van der Waals surface area contributed by atoms with Crippen LogP contribution in [0.25, 0.3) is 22.0 Å². The number of hydrogen-bond acceptors (Lipinski definition) is 4. The van der Waals surface area contributed by atoms with Crippen LogP contribution in [0.15, 0.2) is 66.7 Å². The highest BCUT2D eigenvalue weighted by Gasteiger charge is 2.16. The zero-order valence-electron chi connectivity index (χ0n) is 18.6. The molecule has 1 heterocycles. The van der Waals surface area contributed by atoms with E-state index in [-0.39, 0.29) is 11.0 Å². The lowest BCUT2D eigenvalue weighted by Crippen LogP contribution is -2.26. The van der Waals surface area contributed by atoms with Crippen LogP contribution in [0.5, 0.6) is 0 Å². The van der Waals surface area contributed by atoms with E-state index in [0.717, 1.165) is 28.5 Å². The smallest absolute Gasteiger partial charge is 0.229 e. The number of halogens is 1. The first kappa shape index (κ1) is 21.8. The van der Waals surface area contributed by atoms with Crippen LogP contribution < -0.4 is 10.5 Å². The van der Waals surface area contributed by atoms with Gasteiger partial charge in [0.1, 0.15) is 5.82 Å². The van der Waals surface area contributed by atoms with Crippen molar-refractivity contribution in [2.45, 2.75) is 26.2 Å². The molecule has 162 valence electrons. The lowest BCUT2D eigenvalue weighted by atomic mass is 9.86. The second kappa shape index (κ2) is 8.24. The van der Waals surface area contributed by atoms with Gasteiger partial charge in [-0.1, -0.05) is 68.8 Å². The SMILES string of the molecule is CN(c1cccc(-c2ccc(C(C)(C)C)cc2)c1)c1nc(=N)n(C=N)c2cc(Cl)ccc12. The molecular weight excluding hydrogens is 418 g/mol. The van der Waals surface area contributed by atoms with Crippen LogP contribution in [0.2, 0.25) is 5.02 Å². The van der Waals surface area contributed by atoms with Gasteiger partial charge in [-0.15, -0.1) is 0 Å². The monoisotopic (exact) mass is 443 g/mol. The van der Waals surface area contributed by atoms with Gasteiger partial charge in [0, 0.05) is 23.1 Å². The topological polar surface area (TPSA) is 68.8 Å². The van der Waals surface area contributed by atoms with Crippen molar-refractivity contribution in [3.05, 3.63) is 82.9 Å². The summed E-state index contributed by atoms with van der Waals surface area (Å²) in [5, 5.41) is 17.3. The van der Waals surface area contributed by atoms with Gasteiger partial charge in [0.25, 0.3) is 0 Å². The van der Waals surface area contributed by atoms with E-state index in [1.807, 2.05) is 30.1 Å². The van der Waals surface area contributed by atoms with Gasteiger partial charge in [0.15, 0.2) is 0 Å². The molecule has 3 aromatic carbocycles. The van der Waals surface area contributed by atoms with Crippen LogP contribution >= 0.6 is 11.6 Å². The molecule has 0 spiro atoms. The summed E-state index contributed by atoms with van der Waals surface area (Å²) in [6.07, 6.45) is 1.08. The molecule has 0 amide bonds. The Kier molecular flexibility index (Phi) is 5.61. The van der Waals surface area contributed by atoms with Gasteiger partial charge >= 0.3 is 0 Å². The Balaban J connectivity index is 1.78. The van der Waals surface area contributed by atoms with E-state index in [2.05, 4.69) is 62.2 Å². The molecule has 0 radical (unpaired) electrons. The highest BCUT2D eigenvalue weighted by atomic mass is 35.5. The van der Waals surface area contributed by atoms with Crippen molar-refractivity contribution in [2.75, 3.05) is 11.9 Å². The van der Waals surface area contributed by atoms with Gasteiger partial charge in [0.2, 0.25) is 5.62 Å². The third-order valence-electron chi connectivity index (χ3n) is 5.66. The van der Waals surface area contributed by atoms with Crippen molar-refractivity contribution in [3.8, 4) is 11.1 Å². The number of aromatic nitrogens is 2. The predicted octanol–water partition coefficient (Wildman–Crippen LogP) is 6.36. The van der Waals surface area contributed by atoms with E-state index in [4.69, 9.17) is 22.4 Å². The molecule has 0 unspecified atom stereocenters. The molecule has 5 nitrogen and oxygen atoms in total. The molecule has 0 aliphatic rings. The first-order chi connectivity index (χ1) is 15.2. The summed E-state index contributed by atoms with van der Waals surface area (Å²) < 4.78 is 1.41. The van der Waals surface area contributed by atoms with Crippen molar-refractivity contribution in [2.24, 2.45) is 0 Å². The Hall–Kier alpha value is -3.44. The highest BCUT2D eigenvalue weighted by Crippen LogP contribution is 2.32. The average Bonchev–Trinajstić information content (AvgIpc) is 2.77. The predicted molar refractivity (Wildman–Crippen MR) is 133 cm³/mol. The molecule has 0 aliphatic carbocycles. The molecule has 4 rings (SSSR count). The number of hydrogen-bond donors (Lipinski definition) is 2. The van der Waals surface area contributed by atoms with Crippen LogP contribution in [-0.4, -0.2) is 22.9 Å². The molecule has 0 aliphatic heterocycles. The third-order valence-corrected chi connectivity index (χ3v) is 5.90. The molecule has 1 aromatic heterocycles. The van der Waals surface area contributed by atoms with Gasteiger partial charge in [-0.2, -0.15) is 4.98 Å². The van der Waals surface area contributed by atoms with Crippen molar-refractivity contribution in [3.63, 3.8) is 0 Å². The van der Waals surface area contributed by atoms with E-state index in [1.165, 1.54) is 10.1 Å². The first-order valence-corrected chi connectivity index (χ1v) is 10.8. The second-order valence-electron chi connectivity index (χ2n) is 8.86. The fourth-order valence-corrected chi connectivity index (χ4v) is 3.95. The molecule has 2 N–H and O–H groups in total. The van der Waals surface area contributed by atoms with E-state index < -0.39 is 0 Å². The lowest BCUT2D eigenvalue weighted by Gasteiger charge is -2.22. The van der Waals surface area contributed by atoms with Crippen LogP contribution in [0.4, 0.5) is 11.5 Å². The Morgan fingerprint density at radius 1 is 0.969 bits per heavy atom. The van der Waals surface area contributed by atoms with Gasteiger partial charge in [0.05, 0.1) is 11.9 Å². The quantitative estimate of drug-likeness (QED) is 0.284. The zero-order valence-corrected chi connectivity index (χ0v) is 19.4. The van der Waals surface area contributed by atoms with Crippen molar-refractivity contribution >= 4 is 40.3 Å². The van der Waals surface area contributed by atoms with E-state index in [9.17, 15) is 0 Å². The molecular formula is C26H26ClN5. The molecule has 0 saturated carbocycles. The van der Waals surface area contributed by atoms with Gasteiger partial charge in [-0.3, -0.25) is 15.4 Å². The second-order valence-corrected chi connectivity index (χ2v) is 9.29. The maximum absolute atomic E-state index is 8.30. The zero-order chi connectivity index (χ0) is 23.0. The minimum Gasteiger partial charge on any atom is -0.329 e. The number of rotatable bonds is 4. The number of fused-ring (bicyclic) bond motifs is 1. The van der Waals surface area contributed by atoms with Crippen molar-refractivity contribution < 1.29 is 0 Å². The normalized spacial score (nSPS) is 11.5. The molecule has 0 atom stereocenters. The standard InChI is InChI=1S/C26H26ClN5/c1-26(2,3)19-10-8-17(9-11-19)18-6-5-7-21(14-18)31(4)24-22-13-12-20(27)15-23(22)32(16-28)25(29)30-24/h5-16,28-29H,1-4H3. The molecule has 6 heteroatoms. The Labute approximate surface area is 192 Å². The Morgan fingerprint density at radius 3 is 2.34 bits per heavy atom.